The van der Waals surface area contributed by atoms with Crippen LogP contribution in [0.25, 0.3) is 0 Å². The lowest BCUT2D eigenvalue weighted by molar-refractivity contribution is -0.113. The molecule has 2 N–H and O–H groups in total. The largest absolute Gasteiger partial charge is 0.382 e. The van der Waals surface area contributed by atoms with E-state index in [1.807, 2.05) is 0 Å². The summed E-state index contributed by atoms with van der Waals surface area (Å²) in [5.41, 5.74) is 2.09. The highest BCUT2D eigenvalue weighted by Gasteiger charge is 2.25. The van der Waals surface area contributed by atoms with Crippen molar-refractivity contribution in [1.82, 2.24) is 0 Å². The Kier molecular flexibility index (Phi) is 3.69. The maximum Gasteiger partial charge on any atom is 0.234 e. The second kappa shape index (κ2) is 5.45. The average Bonchev–Trinajstić information content (AvgIpc) is 2.85. The summed E-state index contributed by atoms with van der Waals surface area (Å²) >= 11 is 1.61. The first kappa shape index (κ1) is 12.9. The van der Waals surface area contributed by atoms with Gasteiger partial charge in [-0.15, -0.1) is 11.8 Å². The number of fused-ring (bicyclic) bond motifs is 1. The first-order chi connectivity index (χ1) is 9.26. The lowest BCUT2D eigenvalue weighted by Gasteiger charge is -2.23. The number of carbonyl (C=O) groups excluding carboxylic acids is 1. The molecule has 1 aliphatic heterocycles. The van der Waals surface area contributed by atoms with Crippen molar-refractivity contribution in [3.05, 3.63) is 18.2 Å². The van der Waals surface area contributed by atoms with Gasteiger partial charge in [-0.25, -0.2) is 0 Å². The minimum atomic E-state index is 0.0990. The van der Waals surface area contributed by atoms with Gasteiger partial charge in [0.2, 0.25) is 5.91 Å². The molecule has 4 heteroatoms. The van der Waals surface area contributed by atoms with Gasteiger partial charge in [0.05, 0.1) is 11.4 Å². The zero-order valence-corrected chi connectivity index (χ0v) is 12.1. The maximum atomic E-state index is 11.4. The Morgan fingerprint density at radius 1 is 1.42 bits per heavy atom. The van der Waals surface area contributed by atoms with Gasteiger partial charge < -0.3 is 10.6 Å². The van der Waals surface area contributed by atoms with Gasteiger partial charge in [-0.1, -0.05) is 19.8 Å². The summed E-state index contributed by atoms with van der Waals surface area (Å²) in [7, 11) is 0. The van der Waals surface area contributed by atoms with Crippen LogP contribution >= 0.6 is 11.8 Å². The van der Waals surface area contributed by atoms with Crippen molar-refractivity contribution in [2.24, 2.45) is 5.92 Å². The fraction of sp³-hybridized carbons (Fsp3) is 0.533. The third-order valence-electron chi connectivity index (χ3n) is 4.15. The van der Waals surface area contributed by atoms with E-state index in [0.717, 1.165) is 17.3 Å². The predicted molar refractivity (Wildman–Crippen MR) is 80.8 cm³/mol. The van der Waals surface area contributed by atoms with Crippen molar-refractivity contribution in [2.75, 3.05) is 16.4 Å². The quantitative estimate of drug-likeness (QED) is 0.884. The average molecular weight is 276 g/mol. The van der Waals surface area contributed by atoms with Crippen molar-refractivity contribution >= 4 is 29.0 Å². The van der Waals surface area contributed by atoms with Gasteiger partial charge in [0.25, 0.3) is 0 Å². The van der Waals surface area contributed by atoms with Gasteiger partial charge in [-0.2, -0.15) is 0 Å². The number of benzene rings is 1. The molecule has 102 valence electrons. The molecule has 2 atom stereocenters. The minimum Gasteiger partial charge on any atom is -0.382 e. The fourth-order valence-corrected chi connectivity index (χ4v) is 3.89. The molecule has 1 heterocycles. The van der Waals surface area contributed by atoms with E-state index in [4.69, 9.17) is 0 Å². The molecule has 2 unspecified atom stereocenters. The van der Waals surface area contributed by atoms with Crippen LogP contribution in [0, 0.1) is 5.92 Å². The molecule has 3 rings (SSSR count). The second-order valence-corrected chi connectivity index (χ2v) is 6.42. The molecule has 2 aliphatic rings. The molecule has 1 saturated carbocycles. The third kappa shape index (κ3) is 2.73. The van der Waals surface area contributed by atoms with Crippen LogP contribution in [0.5, 0.6) is 0 Å². The van der Waals surface area contributed by atoms with Crippen LogP contribution in [0.4, 0.5) is 11.4 Å². The minimum absolute atomic E-state index is 0.0990. The second-order valence-electron chi connectivity index (χ2n) is 5.40. The standard InChI is InChI=1S/C15H20N2OS/c1-2-10-4-3-5-12(10)16-11-6-7-14-13(8-11)17-15(18)9-19-14/h6-8,10,12,16H,2-5,9H2,1H3,(H,17,18). The van der Waals surface area contributed by atoms with Crippen molar-refractivity contribution < 1.29 is 4.79 Å². The molecular weight excluding hydrogens is 256 g/mol. The van der Waals surface area contributed by atoms with Crippen LogP contribution in [-0.4, -0.2) is 17.7 Å². The highest BCUT2D eigenvalue weighted by Crippen LogP contribution is 2.35. The van der Waals surface area contributed by atoms with E-state index >= 15 is 0 Å². The zero-order valence-electron chi connectivity index (χ0n) is 11.2. The molecule has 0 saturated heterocycles. The van der Waals surface area contributed by atoms with E-state index in [1.165, 1.54) is 30.6 Å². The van der Waals surface area contributed by atoms with Crippen LogP contribution in [0.3, 0.4) is 0 Å². The smallest absolute Gasteiger partial charge is 0.234 e. The topological polar surface area (TPSA) is 41.1 Å². The van der Waals surface area contributed by atoms with E-state index in [1.54, 1.807) is 11.8 Å². The van der Waals surface area contributed by atoms with Crippen LogP contribution in [0.1, 0.15) is 32.6 Å². The highest BCUT2D eigenvalue weighted by atomic mass is 32.2. The Balaban J connectivity index is 1.75. The molecule has 0 spiro atoms. The molecule has 0 bridgehead atoms. The SMILES string of the molecule is CCC1CCCC1Nc1ccc2c(c1)NC(=O)CS2. The number of rotatable bonds is 3. The Bertz CT molecular complexity index is 489. The Morgan fingerprint density at radius 2 is 2.32 bits per heavy atom. The number of thioether (sulfide) groups is 1. The Hall–Kier alpha value is -1.16. The van der Waals surface area contributed by atoms with Crippen molar-refractivity contribution in [2.45, 2.75) is 43.5 Å². The lowest BCUT2D eigenvalue weighted by atomic mass is 10.0. The molecule has 1 aromatic carbocycles. The maximum absolute atomic E-state index is 11.4. The summed E-state index contributed by atoms with van der Waals surface area (Å²) in [6, 6.07) is 6.91. The third-order valence-corrected chi connectivity index (χ3v) is 5.22. The summed E-state index contributed by atoms with van der Waals surface area (Å²) in [5.74, 6) is 1.42. The summed E-state index contributed by atoms with van der Waals surface area (Å²) < 4.78 is 0. The number of carbonyl (C=O) groups is 1. The van der Waals surface area contributed by atoms with Gasteiger partial charge in [-0.3, -0.25) is 4.79 Å². The molecule has 1 aliphatic carbocycles. The molecular formula is C15H20N2OS. The molecule has 1 fully saturated rings. The van der Waals surface area contributed by atoms with Crippen molar-refractivity contribution in [1.29, 1.82) is 0 Å². The number of hydrogen-bond donors (Lipinski definition) is 2. The zero-order chi connectivity index (χ0) is 13.2. The predicted octanol–water partition coefficient (Wildman–Crippen LogP) is 3.72. The molecule has 19 heavy (non-hydrogen) atoms. The first-order valence-electron chi connectivity index (χ1n) is 7.09. The van der Waals surface area contributed by atoms with E-state index in [9.17, 15) is 4.79 Å². The fourth-order valence-electron chi connectivity index (χ4n) is 3.10. The van der Waals surface area contributed by atoms with Gasteiger partial charge in [-0.05, 0) is 37.0 Å². The summed E-state index contributed by atoms with van der Waals surface area (Å²) in [4.78, 5) is 12.6. The highest BCUT2D eigenvalue weighted by molar-refractivity contribution is 8.00. The number of anilines is 2. The number of hydrogen-bond acceptors (Lipinski definition) is 3. The van der Waals surface area contributed by atoms with Gasteiger partial charge in [0.15, 0.2) is 0 Å². The van der Waals surface area contributed by atoms with E-state index in [0.29, 0.717) is 11.8 Å². The lowest BCUT2D eigenvalue weighted by Crippen LogP contribution is -2.24. The molecule has 1 aromatic rings. The van der Waals surface area contributed by atoms with Crippen molar-refractivity contribution in [3.63, 3.8) is 0 Å². The van der Waals surface area contributed by atoms with Crippen LogP contribution in [-0.2, 0) is 4.79 Å². The van der Waals surface area contributed by atoms with Crippen LogP contribution < -0.4 is 10.6 Å². The van der Waals surface area contributed by atoms with Crippen LogP contribution in [0.2, 0.25) is 0 Å². The van der Waals surface area contributed by atoms with E-state index < -0.39 is 0 Å². The Labute approximate surface area is 118 Å². The van der Waals surface area contributed by atoms with E-state index in [2.05, 4.69) is 35.8 Å². The van der Waals surface area contributed by atoms with Gasteiger partial charge in [0, 0.05) is 16.6 Å². The Morgan fingerprint density at radius 3 is 3.16 bits per heavy atom. The van der Waals surface area contributed by atoms with Crippen molar-refractivity contribution in [3.8, 4) is 0 Å². The van der Waals surface area contributed by atoms with Crippen LogP contribution in [0.15, 0.2) is 23.1 Å². The van der Waals surface area contributed by atoms with Gasteiger partial charge in [0.1, 0.15) is 0 Å². The molecule has 1 amide bonds. The molecule has 3 nitrogen and oxygen atoms in total. The number of nitrogens with one attached hydrogen (secondary N) is 2. The van der Waals surface area contributed by atoms with Gasteiger partial charge >= 0.3 is 0 Å². The summed E-state index contributed by atoms with van der Waals surface area (Å²) in [6.07, 6.45) is 5.17. The molecule has 0 aromatic heterocycles. The first-order valence-corrected chi connectivity index (χ1v) is 8.08. The monoisotopic (exact) mass is 276 g/mol. The van der Waals surface area contributed by atoms with E-state index in [-0.39, 0.29) is 5.91 Å². The summed E-state index contributed by atoms with van der Waals surface area (Å²) in [5, 5.41) is 6.60. The summed E-state index contributed by atoms with van der Waals surface area (Å²) in [6.45, 7) is 2.27. The normalized spacial score (nSPS) is 25.8. The molecule has 0 radical (unpaired) electrons. The number of amides is 1.